The van der Waals surface area contributed by atoms with Crippen molar-refractivity contribution in [3.8, 4) is 0 Å². The molecule has 0 radical (unpaired) electrons. The first-order chi connectivity index (χ1) is 6.33. The van der Waals surface area contributed by atoms with Crippen LogP contribution in [-0.4, -0.2) is 16.1 Å². The van der Waals surface area contributed by atoms with Crippen LogP contribution in [0.5, 0.6) is 0 Å². The Balaban J connectivity index is 2.40. The van der Waals surface area contributed by atoms with Gasteiger partial charge in [0.25, 0.3) is 0 Å². The molecule has 0 saturated heterocycles. The molecular formula is C9H11N3O. The second-order valence-electron chi connectivity index (χ2n) is 2.43. The Labute approximate surface area is 76.7 Å². The average Bonchev–Trinajstić information content (AvgIpc) is 2.17. The Morgan fingerprint density at radius 2 is 2.54 bits per heavy atom. The fraction of sp³-hybridized carbons (Fsp3) is 0.222. The van der Waals surface area contributed by atoms with E-state index in [1.54, 1.807) is 25.3 Å². The van der Waals surface area contributed by atoms with Gasteiger partial charge in [-0.05, 0) is 25.1 Å². The number of carbonyl (C=O) groups is 1. The lowest BCUT2D eigenvalue weighted by atomic mass is 10.4. The fourth-order valence-electron chi connectivity index (χ4n) is 0.816. The molecule has 4 nitrogen and oxygen atoms in total. The minimum atomic E-state index is -0.117. The lowest BCUT2D eigenvalue weighted by molar-refractivity contribution is -0.116. The van der Waals surface area contributed by atoms with Gasteiger partial charge in [0.2, 0.25) is 5.91 Å². The van der Waals surface area contributed by atoms with Crippen molar-refractivity contribution in [2.24, 2.45) is 0 Å². The highest BCUT2D eigenvalue weighted by Gasteiger charge is 1.95. The quantitative estimate of drug-likeness (QED) is 0.690. The lowest BCUT2D eigenvalue weighted by Crippen LogP contribution is -2.20. The second-order valence-corrected chi connectivity index (χ2v) is 2.43. The molecule has 13 heavy (non-hydrogen) atoms. The molecule has 0 aliphatic rings. The van der Waals surface area contributed by atoms with Gasteiger partial charge in [-0.25, -0.2) is 0 Å². The monoisotopic (exact) mass is 177 g/mol. The summed E-state index contributed by atoms with van der Waals surface area (Å²) in [6, 6.07) is 3.59. The summed E-state index contributed by atoms with van der Waals surface area (Å²) >= 11 is 0. The van der Waals surface area contributed by atoms with Crippen molar-refractivity contribution in [1.29, 1.82) is 0 Å². The number of allylic oxidation sites excluding steroid dienone is 1. The molecule has 0 atom stereocenters. The summed E-state index contributed by atoms with van der Waals surface area (Å²) < 4.78 is 0. The Bertz CT molecular complexity index is 295. The van der Waals surface area contributed by atoms with Crippen LogP contribution in [0, 0.1) is 0 Å². The summed E-state index contributed by atoms with van der Waals surface area (Å²) in [6.45, 7) is 2.21. The van der Waals surface area contributed by atoms with Crippen LogP contribution in [0.25, 0.3) is 0 Å². The van der Waals surface area contributed by atoms with Crippen molar-refractivity contribution < 1.29 is 4.79 Å². The maximum Gasteiger partial charge on any atom is 0.243 e. The van der Waals surface area contributed by atoms with E-state index in [0.717, 1.165) is 5.69 Å². The number of hydrogen-bond donors (Lipinski definition) is 1. The molecule has 0 aliphatic carbocycles. The smallest absolute Gasteiger partial charge is 0.243 e. The number of nitrogens with one attached hydrogen (secondary N) is 1. The number of hydrogen-bond acceptors (Lipinski definition) is 3. The van der Waals surface area contributed by atoms with Gasteiger partial charge >= 0.3 is 0 Å². The van der Waals surface area contributed by atoms with Gasteiger partial charge in [-0.2, -0.15) is 10.2 Å². The van der Waals surface area contributed by atoms with Crippen molar-refractivity contribution in [2.45, 2.75) is 13.5 Å². The van der Waals surface area contributed by atoms with E-state index < -0.39 is 0 Å². The molecule has 1 rings (SSSR count). The van der Waals surface area contributed by atoms with E-state index in [1.165, 1.54) is 6.08 Å². The fourth-order valence-corrected chi connectivity index (χ4v) is 0.816. The highest BCUT2D eigenvalue weighted by Crippen LogP contribution is 1.89. The van der Waals surface area contributed by atoms with Crippen molar-refractivity contribution in [3.63, 3.8) is 0 Å². The van der Waals surface area contributed by atoms with Gasteiger partial charge in [0.1, 0.15) is 0 Å². The second kappa shape index (κ2) is 5.03. The van der Waals surface area contributed by atoms with E-state index in [9.17, 15) is 4.79 Å². The number of rotatable bonds is 3. The van der Waals surface area contributed by atoms with Crippen LogP contribution in [0.15, 0.2) is 30.5 Å². The summed E-state index contributed by atoms with van der Waals surface area (Å²) in [6.07, 6.45) is 4.75. The molecule has 0 bridgehead atoms. The lowest BCUT2D eigenvalue weighted by Gasteiger charge is -1.99. The summed E-state index contributed by atoms with van der Waals surface area (Å²) in [5.41, 5.74) is 0.750. The van der Waals surface area contributed by atoms with Crippen molar-refractivity contribution in [1.82, 2.24) is 15.5 Å². The molecular weight excluding hydrogens is 166 g/mol. The molecule has 1 N–H and O–H groups in total. The predicted molar refractivity (Wildman–Crippen MR) is 48.7 cm³/mol. The molecule has 68 valence electrons. The first kappa shape index (κ1) is 9.38. The molecule has 0 aromatic carbocycles. The van der Waals surface area contributed by atoms with Crippen LogP contribution in [-0.2, 0) is 11.3 Å². The first-order valence-corrected chi connectivity index (χ1v) is 4.00. The number of amides is 1. The molecule has 0 unspecified atom stereocenters. The van der Waals surface area contributed by atoms with Crippen molar-refractivity contribution in [2.75, 3.05) is 0 Å². The van der Waals surface area contributed by atoms with Gasteiger partial charge in [-0.3, -0.25) is 4.79 Å². The minimum absolute atomic E-state index is 0.117. The Kier molecular flexibility index (Phi) is 3.63. The van der Waals surface area contributed by atoms with E-state index >= 15 is 0 Å². The Morgan fingerprint density at radius 1 is 1.69 bits per heavy atom. The number of aromatic nitrogens is 2. The van der Waals surface area contributed by atoms with E-state index in [-0.39, 0.29) is 5.91 Å². The number of carbonyl (C=O) groups excluding carboxylic acids is 1. The Morgan fingerprint density at radius 3 is 3.15 bits per heavy atom. The molecule has 1 aromatic heterocycles. The molecule has 0 spiro atoms. The van der Waals surface area contributed by atoms with E-state index in [4.69, 9.17) is 0 Å². The third kappa shape index (κ3) is 3.46. The topological polar surface area (TPSA) is 54.9 Å². The highest BCUT2D eigenvalue weighted by atomic mass is 16.1. The largest absolute Gasteiger partial charge is 0.347 e. The summed E-state index contributed by atoms with van der Waals surface area (Å²) in [4.78, 5) is 11.0. The van der Waals surface area contributed by atoms with Gasteiger partial charge in [0.05, 0.1) is 12.2 Å². The van der Waals surface area contributed by atoms with Crippen molar-refractivity contribution >= 4 is 5.91 Å². The van der Waals surface area contributed by atoms with Gasteiger partial charge in [0.15, 0.2) is 0 Å². The molecule has 1 heterocycles. The zero-order valence-corrected chi connectivity index (χ0v) is 7.40. The van der Waals surface area contributed by atoms with Gasteiger partial charge in [0, 0.05) is 6.20 Å². The van der Waals surface area contributed by atoms with Crippen LogP contribution >= 0.6 is 0 Å². The SMILES string of the molecule is C/C=C/C(=O)NCc1cccnn1. The third-order valence-electron chi connectivity index (χ3n) is 1.39. The molecule has 1 amide bonds. The number of nitrogens with zero attached hydrogens (tertiary/aromatic N) is 2. The van der Waals surface area contributed by atoms with Crippen LogP contribution in [0.2, 0.25) is 0 Å². The van der Waals surface area contributed by atoms with E-state index in [0.29, 0.717) is 6.54 Å². The van der Waals surface area contributed by atoms with Crippen LogP contribution in [0.3, 0.4) is 0 Å². The van der Waals surface area contributed by atoms with Crippen molar-refractivity contribution in [3.05, 3.63) is 36.2 Å². The first-order valence-electron chi connectivity index (χ1n) is 4.00. The maximum absolute atomic E-state index is 11.0. The third-order valence-corrected chi connectivity index (χ3v) is 1.39. The van der Waals surface area contributed by atoms with Gasteiger partial charge < -0.3 is 5.32 Å². The van der Waals surface area contributed by atoms with E-state index in [1.807, 2.05) is 6.07 Å². The Hall–Kier alpha value is -1.71. The molecule has 0 saturated carbocycles. The van der Waals surface area contributed by atoms with Crippen LogP contribution < -0.4 is 5.32 Å². The van der Waals surface area contributed by atoms with E-state index in [2.05, 4.69) is 15.5 Å². The zero-order chi connectivity index (χ0) is 9.52. The molecule has 0 fully saturated rings. The molecule has 0 aliphatic heterocycles. The predicted octanol–water partition coefficient (Wildman–Crippen LogP) is 0.669. The molecule has 1 aromatic rings. The molecule has 4 heteroatoms. The summed E-state index contributed by atoms with van der Waals surface area (Å²) in [5, 5.41) is 10.2. The summed E-state index contributed by atoms with van der Waals surface area (Å²) in [7, 11) is 0. The normalized spacial score (nSPS) is 10.2. The van der Waals surface area contributed by atoms with Crippen LogP contribution in [0.4, 0.5) is 0 Å². The highest BCUT2D eigenvalue weighted by molar-refractivity contribution is 5.87. The van der Waals surface area contributed by atoms with Gasteiger partial charge in [-0.1, -0.05) is 6.08 Å². The standard InChI is InChI=1S/C9H11N3O/c1-2-4-9(13)10-7-8-5-3-6-11-12-8/h2-6H,7H2,1H3,(H,10,13)/b4-2+. The summed E-state index contributed by atoms with van der Waals surface area (Å²) in [5.74, 6) is -0.117. The minimum Gasteiger partial charge on any atom is -0.347 e. The van der Waals surface area contributed by atoms with Crippen LogP contribution in [0.1, 0.15) is 12.6 Å². The van der Waals surface area contributed by atoms with Gasteiger partial charge in [-0.15, -0.1) is 0 Å². The zero-order valence-electron chi connectivity index (χ0n) is 7.40. The maximum atomic E-state index is 11.0. The average molecular weight is 177 g/mol.